The van der Waals surface area contributed by atoms with E-state index in [1.807, 2.05) is 4.90 Å². The standard InChI is InChI=1S/C15H21N3O3/c1-4-16-7-8-17(10-11(16)2)14-6-5-13(12(3)19)9-15(14)18(20)21/h5-6,9,11H,4,7-8,10H2,1-3H3. The van der Waals surface area contributed by atoms with Crippen LogP contribution >= 0.6 is 0 Å². The Morgan fingerprint density at radius 3 is 2.67 bits per heavy atom. The van der Waals surface area contributed by atoms with E-state index < -0.39 is 4.92 Å². The fourth-order valence-corrected chi connectivity index (χ4v) is 2.84. The molecule has 1 fully saturated rings. The normalized spacial score (nSPS) is 19.6. The fourth-order valence-electron chi connectivity index (χ4n) is 2.84. The van der Waals surface area contributed by atoms with Gasteiger partial charge in [-0.15, -0.1) is 0 Å². The highest BCUT2D eigenvalue weighted by atomic mass is 16.6. The van der Waals surface area contributed by atoms with Crippen molar-refractivity contribution in [3.8, 4) is 0 Å². The van der Waals surface area contributed by atoms with E-state index in [1.54, 1.807) is 12.1 Å². The Labute approximate surface area is 124 Å². The average Bonchev–Trinajstić information content (AvgIpc) is 2.46. The van der Waals surface area contributed by atoms with Crippen LogP contribution < -0.4 is 4.90 Å². The van der Waals surface area contributed by atoms with Gasteiger partial charge in [-0.2, -0.15) is 0 Å². The van der Waals surface area contributed by atoms with Crippen molar-refractivity contribution in [2.75, 3.05) is 31.1 Å². The van der Waals surface area contributed by atoms with E-state index in [2.05, 4.69) is 18.7 Å². The number of piperazine rings is 1. The van der Waals surface area contributed by atoms with Crippen LogP contribution in [0.5, 0.6) is 0 Å². The molecule has 1 aromatic carbocycles. The van der Waals surface area contributed by atoms with Crippen molar-refractivity contribution in [3.05, 3.63) is 33.9 Å². The molecule has 1 aromatic rings. The van der Waals surface area contributed by atoms with Crippen molar-refractivity contribution >= 4 is 17.2 Å². The van der Waals surface area contributed by atoms with Crippen LogP contribution in [0.15, 0.2) is 18.2 Å². The Hall–Kier alpha value is -1.95. The Kier molecular flexibility index (Phi) is 4.57. The van der Waals surface area contributed by atoms with Crippen molar-refractivity contribution in [2.45, 2.75) is 26.8 Å². The molecule has 1 aliphatic rings. The average molecular weight is 291 g/mol. The van der Waals surface area contributed by atoms with Crippen molar-refractivity contribution in [2.24, 2.45) is 0 Å². The van der Waals surface area contributed by atoms with Crippen LogP contribution in [0.25, 0.3) is 0 Å². The monoisotopic (exact) mass is 291 g/mol. The second-order valence-electron chi connectivity index (χ2n) is 5.44. The third-order valence-electron chi connectivity index (χ3n) is 4.09. The van der Waals surface area contributed by atoms with Gasteiger partial charge < -0.3 is 4.90 Å². The van der Waals surface area contributed by atoms with E-state index in [1.165, 1.54) is 13.0 Å². The van der Waals surface area contributed by atoms with Gasteiger partial charge in [0.15, 0.2) is 5.78 Å². The van der Waals surface area contributed by atoms with Gasteiger partial charge in [0.1, 0.15) is 5.69 Å². The van der Waals surface area contributed by atoms with Crippen LogP contribution in [-0.4, -0.2) is 47.8 Å². The summed E-state index contributed by atoms with van der Waals surface area (Å²) in [7, 11) is 0. The van der Waals surface area contributed by atoms with Gasteiger partial charge in [0.25, 0.3) is 5.69 Å². The van der Waals surface area contributed by atoms with Crippen molar-refractivity contribution in [3.63, 3.8) is 0 Å². The Balaban J connectivity index is 2.31. The number of nitro groups is 1. The van der Waals surface area contributed by atoms with Gasteiger partial charge in [-0.05, 0) is 32.5 Å². The summed E-state index contributed by atoms with van der Waals surface area (Å²) in [6.45, 7) is 9.07. The molecule has 0 bridgehead atoms. The summed E-state index contributed by atoms with van der Waals surface area (Å²) >= 11 is 0. The highest BCUT2D eigenvalue weighted by Crippen LogP contribution is 2.31. The molecule has 1 unspecified atom stereocenters. The van der Waals surface area contributed by atoms with Crippen LogP contribution in [0.2, 0.25) is 0 Å². The number of anilines is 1. The molecule has 0 saturated carbocycles. The van der Waals surface area contributed by atoms with Crippen LogP contribution in [0.4, 0.5) is 11.4 Å². The third-order valence-corrected chi connectivity index (χ3v) is 4.09. The number of hydrogen-bond donors (Lipinski definition) is 0. The van der Waals surface area contributed by atoms with Gasteiger partial charge >= 0.3 is 0 Å². The lowest BCUT2D eigenvalue weighted by Crippen LogP contribution is -2.51. The number of nitro benzene ring substituents is 1. The highest BCUT2D eigenvalue weighted by Gasteiger charge is 2.27. The lowest BCUT2D eigenvalue weighted by Gasteiger charge is -2.40. The number of ketones is 1. The first-order valence-corrected chi connectivity index (χ1v) is 7.22. The fraction of sp³-hybridized carbons (Fsp3) is 0.533. The SMILES string of the molecule is CCN1CCN(c2ccc(C(C)=O)cc2[N+](=O)[O-])CC1C. The quantitative estimate of drug-likeness (QED) is 0.484. The summed E-state index contributed by atoms with van der Waals surface area (Å²) < 4.78 is 0. The summed E-state index contributed by atoms with van der Waals surface area (Å²) in [5.74, 6) is -0.158. The summed E-state index contributed by atoms with van der Waals surface area (Å²) in [6, 6.07) is 5.11. The van der Waals surface area contributed by atoms with Gasteiger partial charge in [-0.25, -0.2) is 0 Å². The Morgan fingerprint density at radius 2 is 2.14 bits per heavy atom. The second-order valence-corrected chi connectivity index (χ2v) is 5.44. The number of carbonyl (C=O) groups excluding carboxylic acids is 1. The number of benzene rings is 1. The smallest absolute Gasteiger partial charge is 0.293 e. The molecule has 2 rings (SSSR count). The molecule has 114 valence electrons. The third kappa shape index (κ3) is 3.21. The summed E-state index contributed by atoms with van der Waals surface area (Å²) in [6.07, 6.45) is 0. The first kappa shape index (κ1) is 15.4. The summed E-state index contributed by atoms with van der Waals surface area (Å²) in [4.78, 5) is 26.7. The molecule has 1 aliphatic heterocycles. The maximum atomic E-state index is 11.4. The Bertz CT molecular complexity index is 559. The van der Waals surface area contributed by atoms with E-state index in [0.717, 1.165) is 26.2 Å². The highest BCUT2D eigenvalue weighted by molar-refractivity contribution is 5.95. The maximum Gasteiger partial charge on any atom is 0.293 e. The number of nitrogens with zero attached hydrogens (tertiary/aromatic N) is 3. The summed E-state index contributed by atoms with van der Waals surface area (Å²) in [5.41, 5.74) is 0.998. The topological polar surface area (TPSA) is 66.7 Å². The zero-order valence-corrected chi connectivity index (χ0v) is 12.7. The molecule has 0 spiro atoms. The number of Topliss-reactive ketones (excluding diaryl/α,β-unsaturated/α-hetero) is 1. The van der Waals surface area contributed by atoms with Crippen LogP contribution in [0, 0.1) is 10.1 Å². The predicted octanol–water partition coefficient (Wildman–Crippen LogP) is 2.33. The molecule has 1 heterocycles. The van der Waals surface area contributed by atoms with E-state index in [9.17, 15) is 14.9 Å². The van der Waals surface area contributed by atoms with E-state index in [4.69, 9.17) is 0 Å². The molecule has 0 N–H and O–H groups in total. The van der Waals surface area contributed by atoms with Crippen molar-refractivity contribution in [1.29, 1.82) is 0 Å². The molecule has 0 radical (unpaired) electrons. The first-order chi connectivity index (χ1) is 9.93. The largest absolute Gasteiger partial charge is 0.363 e. The number of likely N-dealkylation sites (N-methyl/N-ethyl adjacent to an activating group) is 1. The number of carbonyl (C=O) groups is 1. The number of rotatable bonds is 4. The van der Waals surface area contributed by atoms with Gasteiger partial charge in [0.05, 0.1) is 4.92 Å². The van der Waals surface area contributed by atoms with Crippen LogP contribution in [-0.2, 0) is 0 Å². The Morgan fingerprint density at radius 1 is 1.43 bits per heavy atom. The van der Waals surface area contributed by atoms with Gasteiger partial charge in [-0.3, -0.25) is 19.8 Å². The van der Waals surface area contributed by atoms with Gasteiger partial charge in [-0.1, -0.05) is 6.92 Å². The number of hydrogen-bond acceptors (Lipinski definition) is 5. The molecule has 0 aliphatic carbocycles. The minimum Gasteiger partial charge on any atom is -0.363 e. The van der Waals surface area contributed by atoms with Crippen LogP contribution in [0.1, 0.15) is 31.1 Å². The molecule has 1 atom stereocenters. The molecule has 6 nitrogen and oxygen atoms in total. The molecule has 0 amide bonds. The van der Waals surface area contributed by atoms with E-state index in [-0.39, 0.29) is 11.5 Å². The molecular formula is C15H21N3O3. The predicted molar refractivity (Wildman–Crippen MR) is 82.0 cm³/mol. The van der Waals surface area contributed by atoms with E-state index in [0.29, 0.717) is 17.3 Å². The zero-order chi connectivity index (χ0) is 15.6. The zero-order valence-electron chi connectivity index (χ0n) is 12.7. The maximum absolute atomic E-state index is 11.4. The molecular weight excluding hydrogens is 270 g/mol. The molecule has 6 heteroatoms. The van der Waals surface area contributed by atoms with E-state index >= 15 is 0 Å². The molecule has 0 aromatic heterocycles. The van der Waals surface area contributed by atoms with Gasteiger partial charge in [0.2, 0.25) is 0 Å². The molecule has 21 heavy (non-hydrogen) atoms. The van der Waals surface area contributed by atoms with Crippen molar-refractivity contribution in [1.82, 2.24) is 4.90 Å². The van der Waals surface area contributed by atoms with Crippen LogP contribution in [0.3, 0.4) is 0 Å². The van der Waals surface area contributed by atoms with Gasteiger partial charge in [0, 0.05) is 37.3 Å². The lowest BCUT2D eigenvalue weighted by atomic mass is 10.1. The minimum atomic E-state index is -0.404. The first-order valence-electron chi connectivity index (χ1n) is 7.22. The lowest BCUT2D eigenvalue weighted by molar-refractivity contribution is -0.384. The second kappa shape index (κ2) is 6.22. The molecule has 1 saturated heterocycles. The summed E-state index contributed by atoms with van der Waals surface area (Å²) in [5, 5.41) is 11.3. The van der Waals surface area contributed by atoms with Crippen molar-refractivity contribution < 1.29 is 9.72 Å². The minimum absolute atomic E-state index is 0.0137.